The Balaban J connectivity index is 1.57. The number of aromatic amines is 1. The van der Waals surface area contributed by atoms with Gasteiger partial charge in [-0.25, -0.2) is 4.99 Å². The number of aromatic nitrogens is 2. The minimum atomic E-state index is -0.0898. The van der Waals surface area contributed by atoms with Crippen LogP contribution < -0.4 is 0 Å². The van der Waals surface area contributed by atoms with E-state index in [1.54, 1.807) is 7.11 Å². The molecule has 0 radical (unpaired) electrons. The van der Waals surface area contributed by atoms with Crippen LogP contribution in [-0.2, 0) is 18.2 Å². The van der Waals surface area contributed by atoms with Crippen molar-refractivity contribution < 1.29 is 4.74 Å². The van der Waals surface area contributed by atoms with Gasteiger partial charge in [0.1, 0.15) is 6.10 Å². The Morgan fingerprint density at radius 1 is 1.29 bits per heavy atom. The number of ether oxygens (including phenoxy) is 1. The van der Waals surface area contributed by atoms with E-state index in [9.17, 15) is 0 Å². The first-order valence-corrected chi connectivity index (χ1v) is 10.9. The minimum absolute atomic E-state index is 0.0898. The molecule has 0 aromatic carbocycles. The number of methoxy groups -OCH3 is 1. The summed E-state index contributed by atoms with van der Waals surface area (Å²) < 4.78 is 7.87. The highest BCUT2D eigenvalue weighted by Gasteiger charge is 2.28. The van der Waals surface area contributed by atoms with Gasteiger partial charge in [0.05, 0.1) is 22.8 Å². The second-order valence-electron chi connectivity index (χ2n) is 8.26. The molecule has 0 saturated heterocycles. The summed E-state index contributed by atoms with van der Waals surface area (Å²) in [5.41, 5.74) is 7.23. The highest BCUT2D eigenvalue weighted by Crippen LogP contribution is 2.37. The number of aryl methyl sites for hydroxylation is 2. The summed E-state index contributed by atoms with van der Waals surface area (Å²) in [4.78, 5) is 8.67. The molecule has 0 amide bonds. The summed E-state index contributed by atoms with van der Waals surface area (Å²) in [6, 6.07) is 6.53. The van der Waals surface area contributed by atoms with E-state index < -0.39 is 0 Å². The number of hydrogen-bond acceptors (Lipinski definition) is 2. The van der Waals surface area contributed by atoms with Crippen LogP contribution in [0.25, 0.3) is 5.70 Å². The van der Waals surface area contributed by atoms with E-state index >= 15 is 0 Å². The molecule has 2 unspecified atom stereocenters. The van der Waals surface area contributed by atoms with Gasteiger partial charge in [0.25, 0.3) is 0 Å². The first kappa shape index (κ1) is 19.3. The molecule has 1 aliphatic heterocycles. The number of H-pyrrole nitrogens is 1. The van der Waals surface area contributed by atoms with Crippen LogP contribution in [-0.4, -0.2) is 28.5 Å². The van der Waals surface area contributed by atoms with E-state index in [0.29, 0.717) is 5.92 Å². The first-order chi connectivity index (χ1) is 13.7. The maximum Gasteiger partial charge on any atom is 0.122 e. The van der Waals surface area contributed by atoms with Gasteiger partial charge >= 0.3 is 0 Å². The molecular weight excluding hydrogens is 346 g/mol. The molecule has 1 N–H and O–H groups in total. The largest absolute Gasteiger partial charge is 0.371 e. The highest BCUT2D eigenvalue weighted by atomic mass is 16.5. The van der Waals surface area contributed by atoms with Crippen LogP contribution in [0.4, 0.5) is 0 Å². The molecule has 4 rings (SSSR count). The lowest BCUT2D eigenvalue weighted by Gasteiger charge is -2.22. The van der Waals surface area contributed by atoms with Gasteiger partial charge in [0, 0.05) is 26.0 Å². The molecule has 0 saturated carbocycles. The van der Waals surface area contributed by atoms with E-state index in [2.05, 4.69) is 54.0 Å². The number of nitrogens with one attached hydrogen (secondary N) is 1. The summed E-state index contributed by atoms with van der Waals surface area (Å²) in [6.45, 7) is 2.28. The monoisotopic (exact) mass is 379 g/mol. The lowest BCUT2D eigenvalue weighted by atomic mass is 9.83. The van der Waals surface area contributed by atoms with Crippen LogP contribution >= 0.6 is 0 Å². The van der Waals surface area contributed by atoms with Crippen molar-refractivity contribution >= 4 is 11.4 Å². The van der Waals surface area contributed by atoms with E-state index in [1.807, 2.05) is 0 Å². The van der Waals surface area contributed by atoms with Crippen molar-refractivity contribution in [1.29, 1.82) is 0 Å². The Kier molecular flexibility index (Phi) is 5.86. The third-order valence-electron chi connectivity index (χ3n) is 6.31. The van der Waals surface area contributed by atoms with Gasteiger partial charge < -0.3 is 14.3 Å². The number of unbranched alkanes of at least 4 members (excludes halogenated alkanes) is 3. The molecule has 2 aromatic heterocycles. The van der Waals surface area contributed by atoms with Gasteiger partial charge in [0.2, 0.25) is 0 Å². The van der Waals surface area contributed by atoms with Crippen LogP contribution in [0.2, 0.25) is 0 Å². The van der Waals surface area contributed by atoms with Crippen LogP contribution in [0, 0.1) is 0 Å². The SMILES string of the molecule is CCCCCCC1CCCc2[nH]c(C3=NC(c4cccn4C)=CC3OC)cc21. The molecule has 0 spiro atoms. The van der Waals surface area contributed by atoms with Crippen molar-refractivity contribution in [2.75, 3.05) is 7.11 Å². The van der Waals surface area contributed by atoms with Gasteiger partial charge in [-0.05, 0) is 61.4 Å². The second-order valence-corrected chi connectivity index (χ2v) is 8.26. The molecule has 0 bridgehead atoms. The standard InChI is InChI=1S/C24H33N3O/c1-4-5-6-7-10-17-11-8-12-19-18(17)15-21(25-19)24-23(28-3)16-20(26-24)22-13-9-14-27(22)2/h9,13-17,23,25H,4-8,10-12H2,1-3H3. The van der Waals surface area contributed by atoms with Crippen molar-refractivity contribution in [3.8, 4) is 0 Å². The summed E-state index contributed by atoms with van der Waals surface area (Å²) in [5.74, 6) is 0.703. The Morgan fingerprint density at radius 3 is 2.93 bits per heavy atom. The maximum atomic E-state index is 5.76. The van der Waals surface area contributed by atoms with Gasteiger partial charge in [0.15, 0.2) is 0 Å². The Labute approximate surface area is 168 Å². The van der Waals surface area contributed by atoms with Crippen LogP contribution in [0.5, 0.6) is 0 Å². The fraction of sp³-hybridized carbons (Fsp3) is 0.542. The van der Waals surface area contributed by atoms with Crippen molar-refractivity contribution in [3.63, 3.8) is 0 Å². The van der Waals surface area contributed by atoms with Gasteiger partial charge in [-0.3, -0.25) is 0 Å². The number of nitrogens with zero attached hydrogens (tertiary/aromatic N) is 2. The lowest BCUT2D eigenvalue weighted by Crippen LogP contribution is -2.19. The topological polar surface area (TPSA) is 42.3 Å². The molecule has 2 aliphatic rings. The van der Waals surface area contributed by atoms with Gasteiger partial charge in [-0.1, -0.05) is 32.6 Å². The van der Waals surface area contributed by atoms with E-state index in [-0.39, 0.29) is 6.10 Å². The highest BCUT2D eigenvalue weighted by molar-refractivity contribution is 6.09. The Morgan fingerprint density at radius 2 is 2.18 bits per heavy atom. The zero-order valence-corrected chi connectivity index (χ0v) is 17.5. The van der Waals surface area contributed by atoms with E-state index in [0.717, 1.165) is 29.2 Å². The summed E-state index contributed by atoms with van der Waals surface area (Å²) in [6.07, 6.45) is 14.6. The summed E-state index contributed by atoms with van der Waals surface area (Å²) >= 11 is 0. The van der Waals surface area contributed by atoms with E-state index in [1.165, 1.54) is 56.2 Å². The third-order valence-corrected chi connectivity index (χ3v) is 6.31. The van der Waals surface area contributed by atoms with Gasteiger partial charge in [-0.2, -0.15) is 0 Å². The van der Waals surface area contributed by atoms with Crippen LogP contribution in [0.3, 0.4) is 0 Å². The average Bonchev–Trinajstić information content (AvgIpc) is 3.42. The molecule has 4 nitrogen and oxygen atoms in total. The normalized spacial score (nSPS) is 21.5. The molecule has 2 aromatic rings. The summed E-state index contributed by atoms with van der Waals surface area (Å²) in [5, 5.41) is 0. The molecule has 2 atom stereocenters. The molecule has 4 heteroatoms. The van der Waals surface area contributed by atoms with Crippen molar-refractivity contribution in [2.24, 2.45) is 12.0 Å². The van der Waals surface area contributed by atoms with Crippen LogP contribution in [0.15, 0.2) is 35.5 Å². The number of fused-ring (bicyclic) bond motifs is 1. The first-order valence-electron chi connectivity index (χ1n) is 10.9. The predicted molar refractivity (Wildman–Crippen MR) is 116 cm³/mol. The smallest absolute Gasteiger partial charge is 0.122 e. The van der Waals surface area contributed by atoms with Crippen molar-refractivity contribution in [2.45, 2.75) is 70.3 Å². The average molecular weight is 380 g/mol. The van der Waals surface area contributed by atoms with Crippen molar-refractivity contribution in [3.05, 3.63) is 53.1 Å². The zero-order valence-electron chi connectivity index (χ0n) is 17.5. The molecule has 1 aliphatic carbocycles. The Bertz CT molecular complexity index is 870. The molecule has 150 valence electrons. The number of hydrogen-bond donors (Lipinski definition) is 1. The number of rotatable bonds is 8. The second kappa shape index (κ2) is 8.52. The van der Waals surface area contributed by atoms with Crippen LogP contribution in [0.1, 0.15) is 80.4 Å². The predicted octanol–water partition coefficient (Wildman–Crippen LogP) is 5.60. The van der Waals surface area contributed by atoms with E-state index in [4.69, 9.17) is 9.73 Å². The minimum Gasteiger partial charge on any atom is -0.371 e. The zero-order chi connectivity index (χ0) is 19.5. The maximum absolute atomic E-state index is 5.76. The molecular formula is C24H33N3O. The van der Waals surface area contributed by atoms with Crippen molar-refractivity contribution in [1.82, 2.24) is 9.55 Å². The molecule has 28 heavy (non-hydrogen) atoms. The number of aliphatic imine (C=N–C) groups is 1. The van der Waals surface area contributed by atoms with Gasteiger partial charge in [-0.15, -0.1) is 0 Å². The third kappa shape index (κ3) is 3.75. The molecule has 0 fully saturated rings. The summed E-state index contributed by atoms with van der Waals surface area (Å²) in [7, 11) is 3.83. The quantitative estimate of drug-likeness (QED) is 0.596. The fourth-order valence-electron chi connectivity index (χ4n) is 4.74. The lowest BCUT2D eigenvalue weighted by molar-refractivity contribution is 0.193. The fourth-order valence-corrected chi connectivity index (χ4v) is 4.74. The Hall–Kier alpha value is -2.07. The molecule has 3 heterocycles.